The SMILES string of the molecule is CCC(C(=O)NC(C)(C)C)N(Cc1c(Cl)cccc1Cl)C(=O)COc1ccc(I)cc1. The number of carbonyl (C=O) groups is 2. The van der Waals surface area contributed by atoms with Gasteiger partial charge in [-0.05, 0) is 86.2 Å². The first-order valence-corrected chi connectivity index (χ1v) is 11.8. The first-order valence-electron chi connectivity index (χ1n) is 9.94. The Bertz CT molecular complexity index is 894. The summed E-state index contributed by atoms with van der Waals surface area (Å²) in [5.74, 6) is 0.0166. The molecule has 2 aromatic rings. The van der Waals surface area contributed by atoms with Crippen molar-refractivity contribution in [2.45, 2.75) is 52.2 Å². The van der Waals surface area contributed by atoms with Crippen LogP contribution >= 0.6 is 45.8 Å². The fourth-order valence-electron chi connectivity index (χ4n) is 2.98. The summed E-state index contributed by atoms with van der Waals surface area (Å²) >= 11 is 14.9. The monoisotopic (exact) mass is 576 g/mol. The average Bonchev–Trinajstić information content (AvgIpc) is 2.68. The van der Waals surface area contributed by atoms with E-state index in [1.165, 1.54) is 4.90 Å². The summed E-state index contributed by atoms with van der Waals surface area (Å²) in [7, 11) is 0. The van der Waals surface area contributed by atoms with Crippen LogP contribution in [0.15, 0.2) is 42.5 Å². The van der Waals surface area contributed by atoms with Gasteiger partial charge in [0.1, 0.15) is 11.8 Å². The van der Waals surface area contributed by atoms with Crippen LogP contribution in [0.4, 0.5) is 0 Å². The molecule has 0 aromatic heterocycles. The summed E-state index contributed by atoms with van der Waals surface area (Å²) in [4.78, 5) is 27.7. The third-order valence-corrected chi connectivity index (χ3v) is 5.88. The minimum atomic E-state index is -0.695. The summed E-state index contributed by atoms with van der Waals surface area (Å²) in [6.07, 6.45) is 0.430. The standard InChI is InChI=1S/C23H27Cl2IN2O3/c1-5-20(22(30)27-23(2,3)4)28(13-17-18(24)7-6-8-19(17)25)21(29)14-31-16-11-9-15(26)10-12-16/h6-12,20H,5,13-14H2,1-4H3,(H,27,30). The topological polar surface area (TPSA) is 58.6 Å². The highest BCUT2D eigenvalue weighted by atomic mass is 127. The Labute approximate surface area is 207 Å². The van der Waals surface area contributed by atoms with E-state index in [1.807, 2.05) is 39.8 Å². The Hall–Kier alpha value is -1.51. The zero-order chi connectivity index (χ0) is 23.2. The van der Waals surface area contributed by atoms with Crippen molar-refractivity contribution < 1.29 is 14.3 Å². The fourth-order valence-corrected chi connectivity index (χ4v) is 3.86. The van der Waals surface area contributed by atoms with Gasteiger partial charge in [0, 0.05) is 31.3 Å². The Morgan fingerprint density at radius 1 is 1.10 bits per heavy atom. The smallest absolute Gasteiger partial charge is 0.261 e. The van der Waals surface area contributed by atoms with E-state index in [1.54, 1.807) is 30.3 Å². The molecule has 2 rings (SSSR count). The number of hydrogen-bond acceptors (Lipinski definition) is 3. The van der Waals surface area contributed by atoms with Crippen LogP contribution in [0.2, 0.25) is 10.0 Å². The molecule has 0 bridgehead atoms. The van der Waals surface area contributed by atoms with Crippen LogP contribution in [0.3, 0.4) is 0 Å². The zero-order valence-corrected chi connectivity index (χ0v) is 21.7. The number of nitrogens with one attached hydrogen (secondary N) is 1. The van der Waals surface area contributed by atoms with Crippen molar-refractivity contribution >= 4 is 57.6 Å². The van der Waals surface area contributed by atoms with Crippen LogP contribution in [0.1, 0.15) is 39.7 Å². The molecule has 0 heterocycles. The Balaban J connectivity index is 2.29. The summed E-state index contributed by atoms with van der Waals surface area (Å²) in [5.41, 5.74) is 0.161. The highest BCUT2D eigenvalue weighted by Gasteiger charge is 2.31. The van der Waals surface area contributed by atoms with Crippen LogP contribution in [-0.2, 0) is 16.1 Å². The van der Waals surface area contributed by atoms with E-state index in [0.717, 1.165) is 3.57 Å². The number of nitrogens with zero attached hydrogens (tertiary/aromatic N) is 1. The van der Waals surface area contributed by atoms with Gasteiger partial charge in [0.05, 0.1) is 0 Å². The number of hydrogen-bond donors (Lipinski definition) is 1. The molecule has 0 aliphatic rings. The largest absolute Gasteiger partial charge is 0.484 e. The predicted molar refractivity (Wildman–Crippen MR) is 134 cm³/mol. The minimum Gasteiger partial charge on any atom is -0.484 e. The van der Waals surface area contributed by atoms with Gasteiger partial charge in [0.2, 0.25) is 5.91 Å². The van der Waals surface area contributed by atoms with E-state index in [4.69, 9.17) is 27.9 Å². The Kier molecular flexibility index (Phi) is 9.45. The van der Waals surface area contributed by atoms with Crippen LogP contribution in [0, 0.1) is 3.57 Å². The maximum Gasteiger partial charge on any atom is 0.261 e. The van der Waals surface area contributed by atoms with Gasteiger partial charge in [-0.1, -0.05) is 36.2 Å². The van der Waals surface area contributed by atoms with Crippen molar-refractivity contribution in [1.29, 1.82) is 0 Å². The lowest BCUT2D eigenvalue weighted by Crippen LogP contribution is -2.54. The van der Waals surface area contributed by atoms with Gasteiger partial charge >= 0.3 is 0 Å². The molecule has 0 fully saturated rings. The normalized spacial score (nSPS) is 12.2. The van der Waals surface area contributed by atoms with Gasteiger partial charge in [0.15, 0.2) is 6.61 Å². The second-order valence-electron chi connectivity index (χ2n) is 8.13. The van der Waals surface area contributed by atoms with Crippen molar-refractivity contribution in [3.63, 3.8) is 0 Å². The molecule has 5 nitrogen and oxygen atoms in total. The quantitative estimate of drug-likeness (QED) is 0.410. The number of carbonyl (C=O) groups excluding carboxylic acids is 2. The summed E-state index contributed by atoms with van der Waals surface area (Å²) in [6, 6.07) is 11.9. The van der Waals surface area contributed by atoms with E-state index in [9.17, 15) is 9.59 Å². The number of rotatable bonds is 8. The molecule has 168 valence electrons. The second kappa shape index (κ2) is 11.4. The summed E-state index contributed by atoms with van der Waals surface area (Å²) < 4.78 is 6.75. The molecular weight excluding hydrogens is 550 g/mol. The third kappa shape index (κ3) is 7.84. The van der Waals surface area contributed by atoms with Gasteiger partial charge in [-0.15, -0.1) is 0 Å². The van der Waals surface area contributed by atoms with E-state index < -0.39 is 11.6 Å². The first-order chi connectivity index (χ1) is 14.5. The molecule has 31 heavy (non-hydrogen) atoms. The molecule has 2 aromatic carbocycles. The molecule has 0 spiro atoms. The molecule has 0 aliphatic heterocycles. The molecule has 1 atom stereocenters. The lowest BCUT2D eigenvalue weighted by Gasteiger charge is -2.33. The number of amides is 2. The molecule has 1 N–H and O–H groups in total. The third-order valence-electron chi connectivity index (χ3n) is 4.45. The van der Waals surface area contributed by atoms with Gasteiger partial charge in [-0.25, -0.2) is 0 Å². The maximum absolute atomic E-state index is 13.2. The van der Waals surface area contributed by atoms with Gasteiger partial charge in [-0.2, -0.15) is 0 Å². The fraction of sp³-hybridized carbons (Fsp3) is 0.391. The Morgan fingerprint density at radius 2 is 1.68 bits per heavy atom. The highest BCUT2D eigenvalue weighted by molar-refractivity contribution is 14.1. The molecule has 0 radical (unpaired) electrons. The minimum absolute atomic E-state index is 0.101. The van der Waals surface area contributed by atoms with E-state index in [0.29, 0.717) is 27.8 Å². The molecule has 0 saturated carbocycles. The van der Waals surface area contributed by atoms with Crippen LogP contribution in [0.5, 0.6) is 5.75 Å². The highest BCUT2D eigenvalue weighted by Crippen LogP contribution is 2.27. The molecular formula is C23H27Cl2IN2O3. The van der Waals surface area contributed by atoms with Crippen molar-refractivity contribution in [2.24, 2.45) is 0 Å². The Morgan fingerprint density at radius 3 is 2.19 bits per heavy atom. The van der Waals surface area contributed by atoms with E-state index >= 15 is 0 Å². The van der Waals surface area contributed by atoms with E-state index in [-0.39, 0.29) is 25.0 Å². The summed E-state index contributed by atoms with van der Waals surface area (Å²) in [5, 5.41) is 3.84. The van der Waals surface area contributed by atoms with Crippen molar-refractivity contribution in [3.8, 4) is 5.75 Å². The van der Waals surface area contributed by atoms with Gasteiger partial charge in [-0.3, -0.25) is 9.59 Å². The summed E-state index contributed by atoms with van der Waals surface area (Å²) in [6.45, 7) is 7.45. The predicted octanol–water partition coefficient (Wildman–Crippen LogP) is 5.70. The van der Waals surface area contributed by atoms with Crippen LogP contribution in [0.25, 0.3) is 0 Å². The van der Waals surface area contributed by atoms with Crippen molar-refractivity contribution in [3.05, 3.63) is 61.6 Å². The molecule has 0 aliphatic carbocycles. The lowest BCUT2D eigenvalue weighted by molar-refractivity contribution is -0.143. The van der Waals surface area contributed by atoms with Crippen LogP contribution in [-0.4, -0.2) is 34.9 Å². The maximum atomic E-state index is 13.2. The van der Waals surface area contributed by atoms with Crippen molar-refractivity contribution in [1.82, 2.24) is 10.2 Å². The number of benzene rings is 2. The van der Waals surface area contributed by atoms with Gasteiger partial charge in [0.25, 0.3) is 5.91 Å². The zero-order valence-electron chi connectivity index (χ0n) is 18.0. The second-order valence-corrected chi connectivity index (χ2v) is 10.2. The van der Waals surface area contributed by atoms with Gasteiger partial charge < -0.3 is 15.0 Å². The molecule has 1 unspecified atom stereocenters. The number of ether oxygens (including phenoxy) is 1. The first kappa shape index (κ1) is 25.7. The molecule has 0 saturated heterocycles. The van der Waals surface area contributed by atoms with Crippen molar-refractivity contribution in [2.75, 3.05) is 6.61 Å². The lowest BCUT2D eigenvalue weighted by atomic mass is 10.1. The average molecular weight is 577 g/mol. The molecule has 2 amide bonds. The van der Waals surface area contributed by atoms with Crippen LogP contribution < -0.4 is 10.1 Å². The number of halogens is 3. The molecule has 8 heteroatoms. The van der Waals surface area contributed by atoms with E-state index in [2.05, 4.69) is 27.9 Å².